The van der Waals surface area contributed by atoms with Crippen LogP contribution >= 0.6 is 0 Å². The van der Waals surface area contributed by atoms with Gasteiger partial charge in [-0.15, -0.1) is 0 Å². The lowest BCUT2D eigenvalue weighted by Gasteiger charge is -2.21. The Labute approximate surface area is 140 Å². The van der Waals surface area contributed by atoms with Gasteiger partial charge >= 0.3 is 11.6 Å². The Morgan fingerprint density at radius 3 is 3.00 bits per heavy atom. The van der Waals surface area contributed by atoms with Gasteiger partial charge in [-0.1, -0.05) is 0 Å². The number of ether oxygens (including phenoxy) is 4. The maximum absolute atomic E-state index is 12.4. The zero-order valence-electron chi connectivity index (χ0n) is 13.0. The summed E-state index contributed by atoms with van der Waals surface area (Å²) in [4.78, 5) is 24.4. The van der Waals surface area contributed by atoms with Gasteiger partial charge in [0.25, 0.3) is 6.29 Å². The molecule has 0 radical (unpaired) electrons. The summed E-state index contributed by atoms with van der Waals surface area (Å²) in [6.07, 6.45) is 2.14. The Morgan fingerprint density at radius 2 is 2.20 bits per heavy atom. The molecule has 1 aromatic heterocycles. The first-order chi connectivity index (χ1) is 12.0. The van der Waals surface area contributed by atoms with Crippen molar-refractivity contribution in [3.8, 4) is 11.5 Å². The van der Waals surface area contributed by atoms with Gasteiger partial charge < -0.3 is 28.5 Å². The van der Waals surface area contributed by atoms with Gasteiger partial charge in [-0.25, -0.2) is 9.59 Å². The third kappa shape index (κ3) is 1.64. The number of rotatable bonds is 1. The fourth-order valence-electron chi connectivity index (χ4n) is 3.63. The first-order valence-electron chi connectivity index (χ1n) is 7.65. The molecule has 3 aliphatic heterocycles. The lowest BCUT2D eigenvalue weighted by molar-refractivity contribution is -0.109. The summed E-state index contributed by atoms with van der Waals surface area (Å²) < 4.78 is 26.7. The highest BCUT2D eigenvalue weighted by atomic mass is 16.7. The van der Waals surface area contributed by atoms with E-state index in [0.717, 1.165) is 0 Å². The predicted molar refractivity (Wildman–Crippen MR) is 81.6 cm³/mol. The van der Waals surface area contributed by atoms with Crippen LogP contribution in [0.1, 0.15) is 21.5 Å². The molecule has 2 aromatic rings. The van der Waals surface area contributed by atoms with Crippen LogP contribution in [0, 0.1) is 0 Å². The quantitative estimate of drug-likeness (QED) is 0.603. The standard InChI is InChI=1S/C17H12O8/c1-21-8-6-9-12(17(20)3-5-23-16(17)24-9)13-10(8)7-2-4-22-14(18)11(7)15(19)25-13/h3,5-6,16,20H,2,4H2,1H3/t16-,17-/m1/s1. The Bertz CT molecular complexity index is 1030. The molecular formula is C17H12O8. The van der Waals surface area contributed by atoms with Crippen LogP contribution in [0.2, 0.25) is 0 Å². The topological polar surface area (TPSA) is 104 Å². The third-order valence-electron chi connectivity index (χ3n) is 4.74. The molecule has 0 saturated heterocycles. The van der Waals surface area contributed by atoms with Crippen molar-refractivity contribution >= 4 is 16.9 Å². The van der Waals surface area contributed by atoms with Crippen LogP contribution in [0.5, 0.6) is 11.5 Å². The second-order valence-electron chi connectivity index (χ2n) is 6.00. The van der Waals surface area contributed by atoms with Crippen molar-refractivity contribution in [1.29, 1.82) is 0 Å². The van der Waals surface area contributed by atoms with E-state index in [1.807, 2.05) is 0 Å². The van der Waals surface area contributed by atoms with Gasteiger partial charge in [0.2, 0.25) is 0 Å². The van der Waals surface area contributed by atoms with E-state index in [1.165, 1.54) is 19.4 Å². The van der Waals surface area contributed by atoms with Crippen LogP contribution < -0.4 is 15.1 Å². The van der Waals surface area contributed by atoms with E-state index in [0.29, 0.717) is 28.9 Å². The fourth-order valence-corrected chi connectivity index (χ4v) is 3.63. The van der Waals surface area contributed by atoms with Crippen LogP contribution in [0.3, 0.4) is 0 Å². The highest BCUT2D eigenvalue weighted by Crippen LogP contribution is 2.51. The minimum atomic E-state index is -1.58. The van der Waals surface area contributed by atoms with Gasteiger partial charge in [0, 0.05) is 12.5 Å². The SMILES string of the molecule is COc1cc2c(c3oc(=O)c4c(c13)CCOC4=O)[C@]1(O)C=CO[C@@H]1O2. The second-order valence-corrected chi connectivity index (χ2v) is 6.00. The van der Waals surface area contributed by atoms with Crippen LogP contribution in [0.25, 0.3) is 11.0 Å². The van der Waals surface area contributed by atoms with Crippen LogP contribution in [-0.4, -0.2) is 31.1 Å². The Kier molecular flexibility index (Phi) is 2.61. The van der Waals surface area contributed by atoms with E-state index in [1.54, 1.807) is 6.07 Å². The Hall–Kier alpha value is -3.00. The first-order valence-corrected chi connectivity index (χ1v) is 7.65. The van der Waals surface area contributed by atoms with Gasteiger partial charge in [-0.3, -0.25) is 0 Å². The third-order valence-corrected chi connectivity index (χ3v) is 4.74. The second kappa shape index (κ2) is 4.54. The van der Waals surface area contributed by atoms with Gasteiger partial charge in [0.15, 0.2) is 11.2 Å². The molecule has 0 aliphatic carbocycles. The first kappa shape index (κ1) is 14.4. The average Bonchev–Trinajstić information content (AvgIpc) is 3.07. The molecule has 2 atom stereocenters. The van der Waals surface area contributed by atoms with E-state index in [2.05, 4.69) is 0 Å². The maximum Gasteiger partial charge on any atom is 0.351 e. The summed E-state index contributed by atoms with van der Waals surface area (Å²) >= 11 is 0. The van der Waals surface area contributed by atoms with Crippen molar-refractivity contribution in [1.82, 2.24) is 0 Å². The van der Waals surface area contributed by atoms with Crippen molar-refractivity contribution in [2.45, 2.75) is 18.3 Å². The van der Waals surface area contributed by atoms with Crippen molar-refractivity contribution in [3.63, 3.8) is 0 Å². The molecule has 128 valence electrons. The number of aliphatic hydroxyl groups is 1. The normalized spacial score (nSPS) is 25.7. The number of benzene rings is 1. The molecule has 25 heavy (non-hydrogen) atoms. The monoisotopic (exact) mass is 344 g/mol. The molecule has 1 N–H and O–H groups in total. The van der Waals surface area contributed by atoms with E-state index >= 15 is 0 Å². The molecule has 0 unspecified atom stereocenters. The maximum atomic E-state index is 12.4. The minimum absolute atomic E-state index is 0.118. The molecule has 0 fully saturated rings. The number of fused-ring (bicyclic) bond motifs is 7. The lowest BCUT2D eigenvalue weighted by Crippen LogP contribution is -2.33. The number of esters is 1. The minimum Gasteiger partial charge on any atom is -0.496 e. The van der Waals surface area contributed by atoms with Gasteiger partial charge in [-0.05, 0) is 11.6 Å². The van der Waals surface area contributed by atoms with Gasteiger partial charge in [0.05, 0.1) is 30.9 Å². The fraction of sp³-hybridized carbons (Fsp3) is 0.294. The molecule has 0 amide bonds. The number of cyclic esters (lactones) is 1. The van der Waals surface area contributed by atoms with Crippen LogP contribution in [0.15, 0.2) is 27.6 Å². The molecule has 0 bridgehead atoms. The summed E-state index contributed by atoms with van der Waals surface area (Å²) in [5.74, 6) is -0.0601. The largest absolute Gasteiger partial charge is 0.496 e. The van der Waals surface area contributed by atoms with E-state index in [-0.39, 0.29) is 23.3 Å². The lowest BCUT2D eigenvalue weighted by atomic mass is 9.90. The zero-order chi connectivity index (χ0) is 17.3. The average molecular weight is 344 g/mol. The number of carbonyl (C=O) groups excluding carboxylic acids is 1. The summed E-state index contributed by atoms with van der Waals surface area (Å²) in [6.45, 7) is 0.150. The highest BCUT2D eigenvalue weighted by Gasteiger charge is 2.53. The Morgan fingerprint density at radius 1 is 1.36 bits per heavy atom. The molecule has 3 aliphatic rings. The summed E-state index contributed by atoms with van der Waals surface area (Å²) in [6, 6.07) is 1.59. The number of hydrogen-bond acceptors (Lipinski definition) is 8. The van der Waals surface area contributed by atoms with Crippen molar-refractivity contribution < 1.29 is 33.3 Å². The summed E-state index contributed by atoms with van der Waals surface area (Å²) in [5, 5.41) is 11.4. The molecule has 0 spiro atoms. The molecule has 4 heterocycles. The molecule has 0 saturated carbocycles. The number of methoxy groups -OCH3 is 1. The van der Waals surface area contributed by atoms with E-state index < -0.39 is 23.5 Å². The van der Waals surface area contributed by atoms with Crippen molar-refractivity contribution in [3.05, 3.63) is 45.5 Å². The number of carbonyl (C=O) groups is 1. The van der Waals surface area contributed by atoms with Crippen LogP contribution in [-0.2, 0) is 21.5 Å². The van der Waals surface area contributed by atoms with Gasteiger partial charge in [0.1, 0.15) is 17.1 Å². The molecule has 8 heteroatoms. The van der Waals surface area contributed by atoms with E-state index in [4.69, 9.17) is 23.4 Å². The molecule has 5 rings (SSSR count). The van der Waals surface area contributed by atoms with Crippen LogP contribution in [0.4, 0.5) is 0 Å². The highest BCUT2D eigenvalue weighted by molar-refractivity contribution is 6.01. The molecular weight excluding hydrogens is 332 g/mol. The summed E-state index contributed by atoms with van der Waals surface area (Å²) in [5.41, 5.74) is -1.67. The van der Waals surface area contributed by atoms with Crippen molar-refractivity contribution in [2.24, 2.45) is 0 Å². The Balaban J connectivity index is 1.96. The predicted octanol–water partition coefficient (Wildman–Crippen LogP) is 0.964. The van der Waals surface area contributed by atoms with Gasteiger partial charge in [-0.2, -0.15) is 0 Å². The number of hydrogen-bond donors (Lipinski definition) is 1. The van der Waals surface area contributed by atoms with E-state index in [9.17, 15) is 14.7 Å². The molecule has 1 aromatic carbocycles. The summed E-state index contributed by atoms with van der Waals surface area (Å²) in [7, 11) is 1.46. The zero-order valence-corrected chi connectivity index (χ0v) is 13.0. The molecule has 8 nitrogen and oxygen atoms in total. The van der Waals surface area contributed by atoms with Crippen molar-refractivity contribution in [2.75, 3.05) is 13.7 Å². The smallest absolute Gasteiger partial charge is 0.351 e.